The van der Waals surface area contributed by atoms with Crippen LogP contribution in [0.2, 0.25) is 15.1 Å². The number of aromatic amines is 1. The van der Waals surface area contributed by atoms with Crippen molar-refractivity contribution in [3.63, 3.8) is 0 Å². The Kier molecular flexibility index (Phi) is 6.80. The Hall–Kier alpha value is -2.24. The Morgan fingerprint density at radius 3 is 2.63 bits per heavy atom. The third kappa shape index (κ3) is 5.27. The minimum Gasteiger partial charge on any atom is -0.489 e. The highest BCUT2D eigenvalue weighted by atomic mass is 35.5. The van der Waals surface area contributed by atoms with Crippen LogP contribution in [0.25, 0.3) is 11.0 Å². The summed E-state index contributed by atoms with van der Waals surface area (Å²) in [5, 5.41) is 5.16. The van der Waals surface area contributed by atoms with Gasteiger partial charge in [-0.1, -0.05) is 53.0 Å². The van der Waals surface area contributed by atoms with Gasteiger partial charge in [0.05, 0.1) is 21.1 Å². The van der Waals surface area contributed by atoms with Crippen molar-refractivity contribution in [2.45, 2.75) is 19.6 Å². The van der Waals surface area contributed by atoms with Crippen LogP contribution in [-0.4, -0.2) is 16.5 Å². The van der Waals surface area contributed by atoms with Crippen molar-refractivity contribution >= 4 is 45.8 Å². The second kappa shape index (κ2) is 9.71. The molecule has 4 rings (SSSR count). The summed E-state index contributed by atoms with van der Waals surface area (Å²) in [6.07, 6.45) is 0.800. The van der Waals surface area contributed by atoms with E-state index in [0.717, 1.165) is 46.7 Å². The first-order valence-corrected chi connectivity index (χ1v) is 10.7. The fourth-order valence-electron chi connectivity index (χ4n) is 3.17. The van der Waals surface area contributed by atoms with Crippen LogP contribution >= 0.6 is 34.8 Å². The number of halogens is 3. The molecule has 0 aliphatic heterocycles. The summed E-state index contributed by atoms with van der Waals surface area (Å²) >= 11 is 18.3. The van der Waals surface area contributed by atoms with Gasteiger partial charge in [0.2, 0.25) is 0 Å². The van der Waals surface area contributed by atoms with Gasteiger partial charge in [0.1, 0.15) is 18.2 Å². The molecule has 154 valence electrons. The second-order valence-corrected chi connectivity index (χ2v) is 8.17. The van der Waals surface area contributed by atoms with Gasteiger partial charge in [-0.2, -0.15) is 0 Å². The number of hydrogen-bond donors (Lipinski definition) is 2. The van der Waals surface area contributed by atoms with Crippen LogP contribution in [0.3, 0.4) is 0 Å². The number of hydrogen-bond acceptors (Lipinski definition) is 3. The molecule has 4 nitrogen and oxygen atoms in total. The van der Waals surface area contributed by atoms with Crippen LogP contribution in [0.5, 0.6) is 5.75 Å². The van der Waals surface area contributed by atoms with Crippen LogP contribution in [0.4, 0.5) is 0 Å². The summed E-state index contributed by atoms with van der Waals surface area (Å²) in [7, 11) is 0. The third-order valence-corrected chi connectivity index (χ3v) is 5.67. The van der Waals surface area contributed by atoms with Crippen molar-refractivity contribution < 1.29 is 4.74 Å². The van der Waals surface area contributed by atoms with Gasteiger partial charge in [0, 0.05) is 30.1 Å². The number of rotatable bonds is 8. The molecule has 0 spiro atoms. The fraction of sp³-hybridized carbons (Fsp3) is 0.174. The monoisotopic (exact) mass is 459 g/mol. The molecular formula is C23H20Cl3N3O. The van der Waals surface area contributed by atoms with E-state index in [1.54, 1.807) is 6.07 Å². The predicted octanol–water partition coefficient (Wildman–Crippen LogP) is 6.43. The zero-order chi connectivity index (χ0) is 20.9. The van der Waals surface area contributed by atoms with E-state index in [0.29, 0.717) is 28.2 Å². The Balaban J connectivity index is 1.34. The lowest BCUT2D eigenvalue weighted by molar-refractivity contribution is 0.302. The van der Waals surface area contributed by atoms with Gasteiger partial charge in [0.25, 0.3) is 0 Å². The number of nitrogens with zero attached hydrogens (tertiary/aromatic N) is 1. The summed E-state index contributed by atoms with van der Waals surface area (Å²) in [6, 6.07) is 19.1. The Morgan fingerprint density at radius 2 is 1.80 bits per heavy atom. The number of ether oxygens (including phenoxy) is 1. The van der Waals surface area contributed by atoms with E-state index in [-0.39, 0.29) is 0 Å². The number of aromatic nitrogens is 2. The predicted molar refractivity (Wildman–Crippen MR) is 124 cm³/mol. The number of imidazole rings is 1. The molecule has 0 unspecified atom stereocenters. The quantitative estimate of drug-likeness (QED) is 0.298. The molecular weight excluding hydrogens is 441 g/mol. The molecule has 0 aliphatic carbocycles. The van der Waals surface area contributed by atoms with Crippen LogP contribution in [0, 0.1) is 0 Å². The van der Waals surface area contributed by atoms with Crippen LogP contribution < -0.4 is 10.1 Å². The smallest absolute Gasteiger partial charge is 0.124 e. The minimum atomic E-state index is 0.393. The van der Waals surface area contributed by atoms with Crippen molar-refractivity contribution in [2.24, 2.45) is 0 Å². The highest BCUT2D eigenvalue weighted by molar-refractivity contribution is 6.42. The summed E-state index contributed by atoms with van der Waals surface area (Å²) in [5.74, 6) is 1.74. The van der Waals surface area contributed by atoms with Gasteiger partial charge >= 0.3 is 0 Å². The molecule has 0 radical (unpaired) electrons. The van der Waals surface area contributed by atoms with E-state index >= 15 is 0 Å². The molecule has 0 atom stereocenters. The van der Waals surface area contributed by atoms with E-state index in [4.69, 9.17) is 39.5 Å². The fourth-order valence-corrected chi connectivity index (χ4v) is 3.69. The molecule has 1 heterocycles. The topological polar surface area (TPSA) is 49.9 Å². The maximum atomic E-state index is 6.20. The van der Waals surface area contributed by atoms with E-state index in [2.05, 4.69) is 15.3 Å². The van der Waals surface area contributed by atoms with Gasteiger partial charge in [-0.3, -0.25) is 0 Å². The Bertz CT molecular complexity index is 1130. The summed E-state index contributed by atoms with van der Waals surface area (Å²) in [6.45, 7) is 1.81. The lowest BCUT2D eigenvalue weighted by Crippen LogP contribution is -2.17. The lowest BCUT2D eigenvalue weighted by atomic mass is 10.2. The average Bonchev–Trinajstić information content (AvgIpc) is 3.16. The largest absolute Gasteiger partial charge is 0.489 e. The molecule has 0 aliphatic rings. The molecule has 0 saturated carbocycles. The highest BCUT2D eigenvalue weighted by Gasteiger charge is 2.07. The van der Waals surface area contributed by atoms with Gasteiger partial charge in [-0.05, 0) is 48.0 Å². The number of fused-ring (bicyclic) bond motifs is 1. The number of para-hydroxylation sites is 2. The lowest BCUT2D eigenvalue weighted by Gasteiger charge is -2.13. The number of nitrogens with one attached hydrogen (secondary N) is 2. The minimum absolute atomic E-state index is 0.393. The normalized spacial score (nSPS) is 11.2. The van der Waals surface area contributed by atoms with Crippen molar-refractivity contribution in [1.82, 2.24) is 15.3 Å². The van der Waals surface area contributed by atoms with E-state index in [9.17, 15) is 0 Å². The highest BCUT2D eigenvalue weighted by Crippen LogP contribution is 2.26. The molecule has 7 heteroatoms. The van der Waals surface area contributed by atoms with E-state index in [1.165, 1.54) is 0 Å². The molecule has 4 aromatic rings. The number of benzene rings is 3. The van der Waals surface area contributed by atoms with Crippen molar-refractivity contribution in [2.75, 3.05) is 6.54 Å². The van der Waals surface area contributed by atoms with Crippen molar-refractivity contribution in [1.29, 1.82) is 0 Å². The molecule has 0 saturated heterocycles. The molecule has 0 amide bonds. The molecule has 1 aromatic heterocycles. The molecule has 0 fully saturated rings. The van der Waals surface area contributed by atoms with Gasteiger partial charge in [0.15, 0.2) is 0 Å². The molecule has 2 N–H and O–H groups in total. The average molecular weight is 461 g/mol. The van der Waals surface area contributed by atoms with Crippen molar-refractivity contribution in [3.8, 4) is 5.75 Å². The maximum absolute atomic E-state index is 6.20. The van der Waals surface area contributed by atoms with Gasteiger partial charge < -0.3 is 15.0 Å². The van der Waals surface area contributed by atoms with Crippen LogP contribution in [0.1, 0.15) is 17.0 Å². The Labute approximate surface area is 190 Å². The summed E-state index contributed by atoms with van der Waals surface area (Å²) in [4.78, 5) is 7.95. The van der Waals surface area contributed by atoms with Crippen molar-refractivity contribution in [3.05, 3.63) is 92.7 Å². The molecule has 30 heavy (non-hydrogen) atoms. The summed E-state index contributed by atoms with van der Waals surface area (Å²) in [5.41, 5.74) is 3.98. The first kappa shape index (κ1) is 21.0. The van der Waals surface area contributed by atoms with Crippen LogP contribution in [0.15, 0.2) is 60.7 Å². The molecule has 0 bridgehead atoms. The van der Waals surface area contributed by atoms with Gasteiger partial charge in [-0.15, -0.1) is 0 Å². The Morgan fingerprint density at radius 1 is 0.933 bits per heavy atom. The zero-order valence-corrected chi connectivity index (χ0v) is 18.4. The zero-order valence-electron chi connectivity index (χ0n) is 16.1. The third-order valence-electron chi connectivity index (χ3n) is 4.69. The molecule has 3 aromatic carbocycles. The standard InChI is InChI=1S/C23H20Cl3N3O/c24-17-6-8-22(30-14-15-5-7-18(25)19(26)11-15)16(12-17)13-27-10-9-23-28-20-3-1-2-4-21(20)29-23/h1-8,11-12,27H,9-10,13-14H2,(H,28,29). The maximum Gasteiger partial charge on any atom is 0.124 e. The first-order chi connectivity index (χ1) is 14.6. The van der Waals surface area contributed by atoms with Gasteiger partial charge in [-0.25, -0.2) is 4.98 Å². The van der Waals surface area contributed by atoms with E-state index < -0.39 is 0 Å². The van der Waals surface area contributed by atoms with E-state index in [1.807, 2.05) is 54.6 Å². The summed E-state index contributed by atoms with van der Waals surface area (Å²) < 4.78 is 6.01. The second-order valence-electron chi connectivity index (χ2n) is 6.92. The van der Waals surface area contributed by atoms with Crippen LogP contribution in [-0.2, 0) is 19.6 Å². The number of H-pyrrole nitrogens is 1. The SMILES string of the molecule is Clc1ccc(OCc2ccc(Cl)c(Cl)c2)c(CNCCc2nc3ccccc3[nH]2)c1. The first-order valence-electron chi connectivity index (χ1n) is 9.58.